The fourth-order valence-corrected chi connectivity index (χ4v) is 0.752. The van der Waals surface area contributed by atoms with Crippen LogP contribution < -0.4 is 11.5 Å². The Balaban J connectivity index is 3.90. The second kappa shape index (κ2) is 6.72. The molecule has 1 amide bonds. The van der Waals surface area contributed by atoms with Gasteiger partial charge in [-0.2, -0.15) is 0 Å². The fraction of sp³-hybridized carbons (Fsp3) is 0.444. The number of carbonyl (C=O) groups excluding carboxylic acids is 3. The number of ketones is 1. The van der Waals surface area contributed by atoms with Gasteiger partial charge in [0.05, 0.1) is 13.2 Å². The van der Waals surface area contributed by atoms with Gasteiger partial charge in [-0.05, 0) is 12.5 Å². The van der Waals surface area contributed by atoms with E-state index in [1.807, 2.05) is 0 Å². The van der Waals surface area contributed by atoms with E-state index >= 15 is 0 Å². The molecule has 0 spiro atoms. The Kier molecular flexibility index (Phi) is 5.96. The highest BCUT2D eigenvalue weighted by atomic mass is 16.5. The van der Waals surface area contributed by atoms with Crippen LogP contribution in [0.3, 0.4) is 0 Å². The number of carbonyl (C=O) groups is 3. The SMILES string of the molecule is COC(=O)/C=C/C(=O)CC[C@H](N)C(N)=O. The van der Waals surface area contributed by atoms with Gasteiger partial charge in [-0.15, -0.1) is 0 Å². The Labute approximate surface area is 87.2 Å². The summed E-state index contributed by atoms with van der Waals surface area (Å²) in [6, 6.07) is -0.833. The monoisotopic (exact) mass is 214 g/mol. The second-order valence-electron chi connectivity index (χ2n) is 2.87. The first-order valence-corrected chi connectivity index (χ1v) is 4.31. The first-order valence-electron chi connectivity index (χ1n) is 4.31. The van der Waals surface area contributed by atoms with Gasteiger partial charge in [-0.3, -0.25) is 9.59 Å². The van der Waals surface area contributed by atoms with Crippen LogP contribution >= 0.6 is 0 Å². The maximum Gasteiger partial charge on any atom is 0.330 e. The molecule has 0 aliphatic carbocycles. The van der Waals surface area contributed by atoms with Gasteiger partial charge in [0.1, 0.15) is 0 Å². The largest absolute Gasteiger partial charge is 0.466 e. The number of rotatable bonds is 6. The number of esters is 1. The van der Waals surface area contributed by atoms with Gasteiger partial charge in [0, 0.05) is 12.5 Å². The van der Waals surface area contributed by atoms with E-state index in [0.717, 1.165) is 12.2 Å². The average molecular weight is 214 g/mol. The third-order valence-electron chi connectivity index (χ3n) is 1.67. The van der Waals surface area contributed by atoms with Crippen molar-refractivity contribution in [1.29, 1.82) is 0 Å². The molecule has 0 heterocycles. The van der Waals surface area contributed by atoms with Crippen molar-refractivity contribution in [3.8, 4) is 0 Å². The van der Waals surface area contributed by atoms with Crippen LogP contribution in [0.15, 0.2) is 12.2 Å². The molecule has 0 aliphatic heterocycles. The minimum absolute atomic E-state index is 0.0671. The van der Waals surface area contributed by atoms with Gasteiger partial charge in [0.2, 0.25) is 5.91 Å². The van der Waals surface area contributed by atoms with Crippen molar-refractivity contribution in [3.05, 3.63) is 12.2 Å². The van der Waals surface area contributed by atoms with E-state index < -0.39 is 17.9 Å². The van der Waals surface area contributed by atoms with Gasteiger partial charge < -0.3 is 16.2 Å². The average Bonchev–Trinajstić information content (AvgIpc) is 2.21. The molecule has 0 bridgehead atoms. The van der Waals surface area contributed by atoms with E-state index in [2.05, 4.69) is 4.74 Å². The molecule has 6 nitrogen and oxygen atoms in total. The van der Waals surface area contributed by atoms with Crippen molar-refractivity contribution >= 4 is 17.7 Å². The Bertz CT molecular complexity index is 286. The van der Waals surface area contributed by atoms with Gasteiger partial charge in [-0.1, -0.05) is 0 Å². The van der Waals surface area contributed by atoms with Crippen LogP contribution in [0.2, 0.25) is 0 Å². The molecule has 84 valence electrons. The summed E-state index contributed by atoms with van der Waals surface area (Å²) in [5.74, 6) is -1.57. The number of hydrogen-bond donors (Lipinski definition) is 2. The molecule has 0 rings (SSSR count). The summed E-state index contributed by atoms with van der Waals surface area (Å²) in [6.45, 7) is 0. The van der Waals surface area contributed by atoms with Crippen molar-refractivity contribution in [1.82, 2.24) is 0 Å². The predicted octanol–water partition coefficient (Wildman–Crippen LogP) is -1.12. The van der Waals surface area contributed by atoms with Crippen LogP contribution in [0.5, 0.6) is 0 Å². The molecule has 0 aromatic heterocycles. The number of hydrogen-bond acceptors (Lipinski definition) is 5. The van der Waals surface area contributed by atoms with Crippen molar-refractivity contribution in [2.45, 2.75) is 18.9 Å². The summed E-state index contributed by atoms with van der Waals surface area (Å²) in [4.78, 5) is 32.2. The smallest absolute Gasteiger partial charge is 0.330 e. The topological polar surface area (TPSA) is 112 Å². The molecule has 0 saturated carbocycles. The van der Waals surface area contributed by atoms with Crippen molar-refractivity contribution in [2.24, 2.45) is 11.5 Å². The summed E-state index contributed by atoms with van der Waals surface area (Å²) >= 11 is 0. The molecule has 0 aromatic rings. The molecule has 0 radical (unpaired) electrons. The number of amides is 1. The standard InChI is InChI=1S/C9H14N2O4/c1-15-8(13)5-3-6(12)2-4-7(10)9(11)14/h3,5,7H,2,4,10H2,1H3,(H2,11,14)/b5-3+/t7-/m0/s1. The summed E-state index contributed by atoms with van der Waals surface area (Å²) < 4.78 is 4.29. The lowest BCUT2D eigenvalue weighted by molar-refractivity contribution is -0.135. The number of ether oxygens (including phenoxy) is 1. The normalized spacial score (nSPS) is 12.4. The summed E-state index contributed by atoms with van der Waals surface area (Å²) in [5.41, 5.74) is 10.2. The summed E-state index contributed by atoms with van der Waals surface area (Å²) in [6.07, 6.45) is 2.33. The van der Waals surface area contributed by atoms with E-state index in [0.29, 0.717) is 0 Å². The van der Waals surface area contributed by atoms with Gasteiger partial charge in [-0.25, -0.2) is 4.79 Å². The molecule has 0 aliphatic rings. The van der Waals surface area contributed by atoms with Crippen LogP contribution in [-0.4, -0.2) is 30.8 Å². The van der Waals surface area contributed by atoms with Gasteiger partial charge >= 0.3 is 5.97 Å². The Morgan fingerprint density at radius 2 is 1.93 bits per heavy atom. The van der Waals surface area contributed by atoms with E-state index in [1.54, 1.807) is 0 Å². The molecule has 4 N–H and O–H groups in total. The Morgan fingerprint density at radius 1 is 1.33 bits per heavy atom. The first-order chi connectivity index (χ1) is 6.97. The van der Waals surface area contributed by atoms with Crippen molar-refractivity contribution < 1.29 is 19.1 Å². The molecule has 15 heavy (non-hydrogen) atoms. The number of primary amides is 1. The minimum Gasteiger partial charge on any atom is -0.466 e. The number of nitrogens with two attached hydrogens (primary N) is 2. The summed E-state index contributed by atoms with van der Waals surface area (Å²) in [7, 11) is 1.21. The predicted molar refractivity (Wildman–Crippen MR) is 52.6 cm³/mol. The number of methoxy groups -OCH3 is 1. The van der Waals surface area contributed by atoms with E-state index in [1.165, 1.54) is 7.11 Å². The second-order valence-corrected chi connectivity index (χ2v) is 2.87. The quantitative estimate of drug-likeness (QED) is 0.429. The lowest BCUT2D eigenvalue weighted by atomic mass is 10.1. The highest BCUT2D eigenvalue weighted by Crippen LogP contribution is 1.96. The third kappa shape index (κ3) is 6.39. The zero-order valence-corrected chi connectivity index (χ0v) is 8.43. The van der Waals surface area contributed by atoms with Crippen LogP contribution in [0, 0.1) is 0 Å². The van der Waals surface area contributed by atoms with Gasteiger partial charge in [0.15, 0.2) is 5.78 Å². The molecule has 0 unspecified atom stereocenters. The maximum absolute atomic E-state index is 11.1. The van der Waals surface area contributed by atoms with Gasteiger partial charge in [0.25, 0.3) is 0 Å². The Morgan fingerprint density at radius 3 is 2.40 bits per heavy atom. The lowest BCUT2D eigenvalue weighted by Gasteiger charge is -2.03. The van der Waals surface area contributed by atoms with Crippen LogP contribution in [-0.2, 0) is 19.1 Å². The van der Waals surface area contributed by atoms with E-state index in [4.69, 9.17) is 11.5 Å². The maximum atomic E-state index is 11.1. The minimum atomic E-state index is -0.833. The Hall–Kier alpha value is -1.69. The first kappa shape index (κ1) is 13.3. The van der Waals surface area contributed by atoms with Crippen LogP contribution in [0.4, 0.5) is 0 Å². The highest BCUT2D eigenvalue weighted by Gasteiger charge is 2.10. The number of allylic oxidation sites excluding steroid dienone is 1. The molecule has 0 aromatic carbocycles. The zero-order chi connectivity index (χ0) is 11.8. The van der Waals surface area contributed by atoms with Crippen molar-refractivity contribution in [2.75, 3.05) is 7.11 Å². The van der Waals surface area contributed by atoms with E-state index in [-0.39, 0.29) is 18.6 Å². The molecule has 6 heteroatoms. The zero-order valence-electron chi connectivity index (χ0n) is 8.43. The van der Waals surface area contributed by atoms with Crippen LogP contribution in [0.1, 0.15) is 12.8 Å². The van der Waals surface area contributed by atoms with E-state index in [9.17, 15) is 14.4 Å². The lowest BCUT2D eigenvalue weighted by Crippen LogP contribution is -2.36. The molecular weight excluding hydrogens is 200 g/mol. The molecular formula is C9H14N2O4. The third-order valence-corrected chi connectivity index (χ3v) is 1.67. The molecule has 1 atom stereocenters. The van der Waals surface area contributed by atoms with Crippen LogP contribution in [0.25, 0.3) is 0 Å². The molecule has 0 fully saturated rings. The molecule has 0 saturated heterocycles. The highest BCUT2D eigenvalue weighted by molar-refractivity contribution is 5.96. The van der Waals surface area contributed by atoms with Crippen molar-refractivity contribution in [3.63, 3.8) is 0 Å². The summed E-state index contributed by atoms with van der Waals surface area (Å²) in [5, 5.41) is 0. The fourth-order valence-electron chi connectivity index (χ4n) is 0.752.